The number of carbonyl (C=O) groups excluding carboxylic acids is 2. The fourth-order valence-electron chi connectivity index (χ4n) is 1.36. The molecule has 116 valence electrons. The highest BCUT2D eigenvalue weighted by Crippen LogP contribution is 2.13. The number of ether oxygens (including phenoxy) is 1. The van der Waals surface area contributed by atoms with Crippen molar-refractivity contribution in [2.45, 2.75) is 6.18 Å². The number of anilines is 1. The summed E-state index contributed by atoms with van der Waals surface area (Å²) < 4.78 is 40.2. The summed E-state index contributed by atoms with van der Waals surface area (Å²) in [5.41, 5.74) is 1.08. The Balaban J connectivity index is 2.45. The van der Waals surface area contributed by atoms with Gasteiger partial charge in [0.2, 0.25) is 0 Å². The lowest BCUT2D eigenvalue weighted by Crippen LogP contribution is -2.36. The highest BCUT2D eigenvalue weighted by Gasteiger charge is 2.27. The van der Waals surface area contributed by atoms with E-state index in [1.54, 1.807) is 17.4 Å². The summed E-state index contributed by atoms with van der Waals surface area (Å²) >= 11 is 0. The van der Waals surface area contributed by atoms with Crippen molar-refractivity contribution in [3.05, 3.63) is 29.8 Å². The van der Waals surface area contributed by atoms with Crippen LogP contribution in [0.15, 0.2) is 24.3 Å². The zero-order valence-electron chi connectivity index (χ0n) is 11.5. The quantitative estimate of drug-likeness (QED) is 0.839. The molecule has 0 aromatic heterocycles. The third kappa shape index (κ3) is 6.15. The van der Waals surface area contributed by atoms with Gasteiger partial charge >= 0.3 is 12.1 Å². The minimum atomic E-state index is -4.50. The van der Waals surface area contributed by atoms with Crippen LogP contribution in [0.4, 0.5) is 18.9 Å². The second-order valence-corrected chi connectivity index (χ2v) is 4.41. The van der Waals surface area contributed by atoms with Gasteiger partial charge in [-0.25, -0.2) is 4.79 Å². The Hall–Kier alpha value is -2.25. The molecule has 21 heavy (non-hydrogen) atoms. The SMILES string of the molecule is CN(C)c1ccc(C(=O)OCC(=O)NCC(F)(F)F)cc1. The number of nitrogens with one attached hydrogen (secondary N) is 1. The Labute approximate surface area is 119 Å². The standard InChI is InChI=1S/C13H15F3N2O3/c1-18(2)10-5-3-9(4-6-10)12(20)21-7-11(19)17-8-13(14,15)16/h3-6H,7-8H2,1-2H3,(H,17,19). The Morgan fingerprint density at radius 2 is 1.76 bits per heavy atom. The van der Waals surface area contributed by atoms with Gasteiger partial charge in [0.1, 0.15) is 6.54 Å². The van der Waals surface area contributed by atoms with Crippen molar-refractivity contribution in [2.24, 2.45) is 0 Å². The number of esters is 1. The molecular weight excluding hydrogens is 289 g/mol. The summed E-state index contributed by atoms with van der Waals surface area (Å²) in [4.78, 5) is 24.5. The summed E-state index contributed by atoms with van der Waals surface area (Å²) in [7, 11) is 3.66. The van der Waals surface area contributed by atoms with E-state index in [0.29, 0.717) is 0 Å². The summed E-state index contributed by atoms with van der Waals surface area (Å²) in [6, 6.07) is 6.37. The molecule has 0 bridgehead atoms. The van der Waals surface area contributed by atoms with Gasteiger partial charge in [0.25, 0.3) is 5.91 Å². The van der Waals surface area contributed by atoms with E-state index in [4.69, 9.17) is 0 Å². The highest BCUT2D eigenvalue weighted by molar-refractivity contribution is 5.91. The van der Waals surface area contributed by atoms with Crippen LogP contribution in [0.5, 0.6) is 0 Å². The number of amides is 1. The van der Waals surface area contributed by atoms with Gasteiger partial charge in [-0.3, -0.25) is 4.79 Å². The summed E-state index contributed by atoms with van der Waals surface area (Å²) in [5.74, 6) is -1.78. The van der Waals surface area contributed by atoms with Crippen molar-refractivity contribution in [3.63, 3.8) is 0 Å². The van der Waals surface area contributed by atoms with Crippen LogP contribution >= 0.6 is 0 Å². The van der Waals surface area contributed by atoms with Crippen LogP contribution in [0.25, 0.3) is 0 Å². The predicted octanol–water partition coefficient (Wildman–Crippen LogP) is 1.59. The number of carbonyl (C=O) groups is 2. The molecule has 5 nitrogen and oxygen atoms in total. The van der Waals surface area contributed by atoms with Crippen molar-refractivity contribution >= 4 is 17.6 Å². The number of hydrogen-bond acceptors (Lipinski definition) is 4. The molecule has 0 radical (unpaired) electrons. The number of alkyl halides is 3. The van der Waals surface area contributed by atoms with E-state index in [1.807, 2.05) is 19.0 Å². The maximum Gasteiger partial charge on any atom is 0.405 e. The molecule has 1 aromatic carbocycles. The van der Waals surface area contributed by atoms with Gasteiger partial charge in [-0.05, 0) is 24.3 Å². The third-order valence-corrected chi connectivity index (χ3v) is 2.44. The molecule has 0 spiro atoms. The molecule has 0 unspecified atom stereocenters. The number of nitrogens with zero attached hydrogens (tertiary/aromatic N) is 1. The lowest BCUT2D eigenvalue weighted by atomic mass is 10.2. The maximum atomic E-state index is 11.9. The van der Waals surface area contributed by atoms with E-state index in [0.717, 1.165) is 5.69 Å². The van der Waals surface area contributed by atoms with Crippen molar-refractivity contribution in [3.8, 4) is 0 Å². The number of rotatable bonds is 5. The van der Waals surface area contributed by atoms with Crippen molar-refractivity contribution in [1.82, 2.24) is 5.32 Å². The minimum absolute atomic E-state index is 0.212. The number of benzene rings is 1. The number of hydrogen-bond donors (Lipinski definition) is 1. The van der Waals surface area contributed by atoms with E-state index < -0.39 is 31.2 Å². The first-order valence-corrected chi connectivity index (χ1v) is 5.97. The second-order valence-electron chi connectivity index (χ2n) is 4.41. The Bertz CT molecular complexity index is 498. The van der Waals surface area contributed by atoms with Crippen LogP contribution in [0.1, 0.15) is 10.4 Å². The van der Waals surface area contributed by atoms with Gasteiger partial charge in [-0.2, -0.15) is 13.2 Å². The van der Waals surface area contributed by atoms with E-state index in [2.05, 4.69) is 4.74 Å². The van der Waals surface area contributed by atoms with Crippen molar-refractivity contribution in [2.75, 3.05) is 32.1 Å². The molecule has 1 aromatic rings. The molecular formula is C13H15F3N2O3. The second kappa shape index (κ2) is 6.96. The molecule has 0 aliphatic rings. The average molecular weight is 304 g/mol. The first-order valence-electron chi connectivity index (χ1n) is 5.97. The summed E-state index contributed by atoms with van der Waals surface area (Å²) in [6.45, 7) is -2.22. The normalized spacial score (nSPS) is 10.9. The Kier molecular flexibility index (Phi) is 5.57. The van der Waals surface area contributed by atoms with E-state index in [-0.39, 0.29) is 5.56 Å². The van der Waals surface area contributed by atoms with Crippen LogP contribution in [0, 0.1) is 0 Å². The molecule has 0 aliphatic carbocycles. The maximum absolute atomic E-state index is 11.9. The Morgan fingerprint density at radius 1 is 1.19 bits per heavy atom. The number of halogens is 3. The predicted molar refractivity (Wildman–Crippen MR) is 70.1 cm³/mol. The largest absolute Gasteiger partial charge is 0.452 e. The van der Waals surface area contributed by atoms with Gasteiger partial charge in [-0.1, -0.05) is 0 Å². The highest BCUT2D eigenvalue weighted by atomic mass is 19.4. The molecule has 0 heterocycles. The van der Waals surface area contributed by atoms with Crippen LogP contribution in [-0.2, 0) is 9.53 Å². The van der Waals surface area contributed by atoms with Crippen LogP contribution < -0.4 is 10.2 Å². The zero-order chi connectivity index (χ0) is 16.0. The fraction of sp³-hybridized carbons (Fsp3) is 0.385. The van der Waals surface area contributed by atoms with Gasteiger partial charge in [0.05, 0.1) is 5.56 Å². The minimum Gasteiger partial charge on any atom is -0.452 e. The molecule has 0 atom stereocenters. The summed E-state index contributed by atoms with van der Waals surface area (Å²) in [6.07, 6.45) is -4.50. The smallest absolute Gasteiger partial charge is 0.405 e. The summed E-state index contributed by atoms with van der Waals surface area (Å²) in [5, 5.41) is 1.61. The average Bonchev–Trinajstić information content (AvgIpc) is 2.41. The van der Waals surface area contributed by atoms with Crippen LogP contribution in [0.3, 0.4) is 0 Å². The van der Waals surface area contributed by atoms with Gasteiger partial charge in [-0.15, -0.1) is 0 Å². The van der Waals surface area contributed by atoms with Crippen molar-refractivity contribution in [1.29, 1.82) is 0 Å². The van der Waals surface area contributed by atoms with Crippen LogP contribution in [0.2, 0.25) is 0 Å². The van der Waals surface area contributed by atoms with Gasteiger partial charge in [0, 0.05) is 19.8 Å². The Morgan fingerprint density at radius 3 is 2.24 bits per heavy atom. The first-order chi connectivity index (χ1) is 9.69. The van der Waals surface area contributed by atoms with E-state index in [1.165, 1.54) is 12.1 Å². The van der Waals surface area contributed by atoms with Gasteiger partial charge < -0.3 is 15.0 Å². The first kappa shape index (κ1) is 16.8. The lowest BCUT2D eigenvalue weighted by Gasteiger charge is -2.12. The molecule has 1 N–H and O–H groups in total. The van der Waals surface area contributed by atoms with Crippen LogP contribution in [-0.4, -0.2) is 45.3 Å². The van der Waals surface area contributed by atoms with Gasteiger partial charge in [0.15, 0.2) is 6.61 Å². The van der Waals surface area contributed by atoms with E-state index >= 15 is 0 Å². The topological polar surface area (TPSA) is 58.6 Å². The third-order valence-electron chi connectivity index (χ3n) is 2.44. The van der Waals surface area contributed by atoms with E-state index in [9.17, 15) is 22.8 Å². The molecule has 0 fully saturated rings. The zero-order valence-corrected chi connectivity index (χ0v) is 11.5. The molecule has 1 rings (SSSR count). The molecule has 0 aliphatic heterocycles. The fourth-order valence-corrected chi connectivity index (χ4v) is 1.36. The van der Waals surface area contributed by atoms with Crippen molar-refractivity contribution < 1.29 is 27.5 Å². The molecule has 1 amide bonds. The molecule has 0 saturated carbocycles. The monoisotopic (exact) mass is 304 g/mol. The molecule has 8 heteroatoms. The molecule has 0 saturated heterocycles. The lowest BCUT2D eigenvalue weighted by molar-refractivity contribution is -0.140.